The minimum Gasteiger partial charge on any atom is -0.481 e. The van der Waals surface area contributed by atoms with Crippen LogP contribution in [-0.4, -0.2) is 5.11 Å². The molecule has 0 aliphatic carbocycles. The minimum absolute atomic E-state index is 0.0267. The average molecular weight is 134 g/mol. The van der Waals surface area contributed by atoms with Crippen LogP contribution in [0.4, 0.5) is 0 Å². The molecule has 0 amide bonds. The Morgan fingerprint density at radius 1 is 1.20 bits per heavy atom. The summed E-state index contributed by atoms with van der Waals surface area (Å²) in [5, 5.41) is 9.82. The van der Waals surface area contributed by atoms with Crippen molar-refractivity contribution < 1.29 is 9.52 Å². The van der Waals surface area contributed by atoms with Crippen molar-refractivity contribution in [2.24, 2.45) is 0 Å². The lowest BCUT2D eigenvalue weighted by atomic mass is 10.3. The first-order valence-electron chi connectivity index (χ1n) is 3.04. The molecule has 50 valence electrons. The van der Waals surface area contributed by atoms with Crippen LogP contribution in [0.2, 0.25) is 0 Å². The first kappa shape index (κ1) is 5.35. The van der Waals surface area contributed by atoms with Gasteiger partial charge in [0.2, 0.25) is 0 Å². The standard InChI is InChI=1S/C8H6O2/c9-8-5-6-3-1-2-4-7(6)10-8/h1-5,9H. The van der Waals surface area contributed by atoms with E-state index >= 15 is 0 Å². The Morgan fingerprint density at radius 2 is 2.00 bits per heavy atom. The van der Waals surface area contributed by atoms with E-state index in [0.29, 0.717) is 0 Å². The van der Waals surface area contributed by atoms with E-state index in [9.17, 15) is 0 Å². The molecule has 0 radical (unpaired) electrons. The third-order valence-electron chi connectivity index (χ3n) is 1.41. The molecule has 0 bridgehead atoms. The van der Waals surface area contributed by atoms with Gasteiger partial charge in [0.1, 0.15) is 5.58 Å². The Morgan fingerprint density at radius 3 is 2.80 bits per heavy atom. The van der Waals surface area contributed by atoms with Crippen LogP contribution in [0.3, 0.4) is 0 Å². The van der Waals surface area contributed by atoms with E-state index in [1.54, 1.807) is 6.07 Å². The lowest BCUT2D eigenvalue weighted by Gasteiger charge is -1.81. The van der Waals surface area contributed by atoms with E-state index in [2.05, 4.69) is 0 Å². The van der Waals surface area contributed by atoms with Crippen molar-refractivity contribution in [3.63, 3.8) is 0 Å². The summed E-state index contributed by atoms with van der Waals surface area (Å²) in [5.74, 6) is -0.0267. The largest absolute Gasteiger partial charge is 0.481 e. The van der Waals surface area contributed by atoms with Crippen LogP contribution in [0.25, 0.3) is 11.0 Å². The highest BCUT2D eigenvalue weighted by molar-refractivity contribution is 5.78. The Balaban J connectivity index is 2.88. The van der Waals surface area contributed by atoms with Crippen LogP contribution in [0, 0.1) is 0 Å². The van der Waals surface area contributed by atoms with Gasteiger partial charge in [0.15, 0.2) is 0 Å². The van der Waals surface area contributed by atoms with Gasteiger partial charge in [0, 0.05) is 11.5 Å². The molecule has 2 rings (SSSR count). The molecule has 0 spiro atoms. The van der Waals surface area contributed by atoms with E-state index in [1.807, 2.05) is 24.3 Å². The van der Waals surface area contributed by atoms with Crippen molar-refractivity contribution in [3.05, 3.63) is 30.3 Å². The van der Waals surface area contributed by atoms with Gasteiger partial charge < -0.3 is 9.52 Å². The molecule has 0 aliphatic heterocycles. The lowest BCUT2D eigenvalue weighted by molar-refractivity contribution is 0.346. The Bertz CT molecular complexity index is 316. The molecule has 0 atom stereocenters. The number of rotatable bonds is 0. The highest BCUT2D eigenvalue weighted by Gasteiger charge is 1.97. The van der Waals surface area contributed by atoms with Crippen molar-refractivity contribution in [2.45, 2.75) is 0 Å². The highest BCUT2D eigenvalue weighted by atomic mass is 16.5. The van der Waals surface area contributed by atoms with Crippen LogP contribution in [0.5, 0.6) is 5.95 Å². The van der Waals surface area contributed by atoms with Gasteiger partial charge in [-0.15, -0.1) is 0 Å². The molecule has 2 heteroatoms. The van der Waals surface area contributed by atoms with Gasteiger partial charge in [0.25, 0.3) is 5.95 Å². The molecule has 10 heavy (non-hydrogen) atoms. The van der Waals surface area contributed by atoms with E-state index in [1.165, 1.54) is 0 Å². The average Bonchev–Trinajstić information content (AvgIpc) is 2.27. The summed E-state index contributed by atoms with van der Waals surface area (Å²) in [6.45, 7) is 0. The second-order valence-corrected chi connectivity index (χ2v) is 2.12. The number of aromatic hydroxyl groups is 1. The molecule has 1 aromatic heterocycles. The van der Waals surface area contributed by atoms with E-state index in [4.69, 9.17) is 9.52 Å². The summed E-state index contributed by atoms with van der Waals surface area (Å²) in [4.78, 5) is 0. The molecular formula is C8H6O2. The van der Waals surface area contributed by atoms with Crippen molar-refractivity contribution in [1.29, 1.82) is 0 Å². The normalized spacial score (nSPS) is 10.4. The highest BCUT2D eigenvalue weighted by Crippen LogP contribution is 2.22. The van der Waals surface area contributed by atoms with Crippen molar-refractivity contribution >= 4 is 11.0 Å². The van der Waals surface area contributed by atoms with Gasteiger partial charge in [-0.2, -0.15) is 0 Å². The zero-order valence-electron chi connectivity index (χ0n) is 5.24. The third-order valence-corrected chi connectivity index (χ3v) is 1.41. The molecule has 0 aliphatic rings. The maximum absolute atomic E-state index is 8.89. The maximum atomic E-state index is 8.89. The first-order valence-corrected chi connectivity index (χ1v) is 3.04. The fourth-order valence-electron chi connectivity index (χ4n) is 0.968. The zero-order valence-corrected chi connectivity index (χ0v) is 5.24. The van der Waals surface area contributed by atoms with Crippen molar-refractivity contribution in [3.8, 4) is 5.95 Å². The number of benzene rings is 1. The Hall–Kier alpha value is -1.44. The molecule has 1 aromatic carbocycles. The molecule has 2 nitrogen and oxygen atoms in total. The summed E-state index contributed by atoms with van der Waals surface area (Å²) in [6, 6.07) is 9.06. The van der Waals surface area contributed by atoms with Crippen LogP contribution < -0.4 is 0 Å². The topological polar surface area (TPSA) is 33.4 Å². The zero-order chi connectivity index (χ0) is 6.97. The quantitative estimate of drug-likeness (QED) is 0.598. The molecule has 0 unspecified atom stereocenters. The number of hydrogen-bond donors (Lipinski definition) is 1. The monoisotopic (exact) mass is 134 g/mol. The summed E-state index contributed by atoms with van der Waals surface area (Å²) in [6.07, 6.45) is 0. The molecule has 0 fully saturated rings. The number of para-hydroxylation sites is 1. The number of fused-ring (bicyclic) bond motifs is 1. The second kappa shape index (κ2) is 1.77. The van der Waals surface area contributed by atoms with Crippen LogP contribution in [0.15, 0.2) is 34.7 Å². The maximum Gasteiger partial charge on any atom is 0.282 e. The minimum atomic E-state index is -0.0267. The molecule has 1 heterocycles. The number of furan rings is 1. The van der Waals surface area contributed by atoms with Gasteiger partial charge in [0.05, 0.1) is 0 Å². The van der Waals surface area contributed by atoms with Gasteiger partial charge >= 0.3 is 0 Å². The van der Waals surface area contributed by atoms with Crippen LogP contribution in [0.1, 0.15) is 0 Å². The van der Waals surface area contributed by atoms with Gasteiger partial charge in [-0.3, -0.25) is 0 Å². The SMILES string of the molecule is Oc1cc2ccccc2o1. The summed E-state index contributed by atoms with van der Waals surface area (Å²) < 4.78 is 4.92. The van der Waals surface area contributed by atoms with E-state index in [0.717, 1.165) is 11.0 Å². The van der Waals surface area contributed by atoms with Crippen LogP contribution in [-0.2, 0) is 0 Å². The predicted octanol–water partition coefficient (Wildman–Crippen LogP) is 2.14. The molecule has 0 saturated heterocycles. The molecule has 1 N–H and O–H groups in total. The predicted molar refractivity (Wildman–Crippen MR) is 37.9 cm³/mol. The third kappa shape index (κ3) is 0.658. The lowest BCUT2D eigenvalue weighted by Crippen LogP contribution is -1.57. The van der Waals surface area contributed by atoms with Gasteiger partial charge in [-0.05, 0) is 6.07 Å². The Labute approximate surface area is 57.7 Å². The molecule has 0 saturated carbocycles. The fourth-order valence-corrected chi connectivity index (χ4v) is 0.968. The second-order valence-electron chi connectivity index (χ2n) is 2.12. The fraction of sp³-hybridized carbons (Fsp3) is 0. The summed E-state index contributed by atoms with van der Waals surface area (Å²) in [5.41, 5.74) is 0.722. The first-order chi connectivity index (χ1) is 4.86. The van der Waals surface area contributed by atoms with E-state index in [-0.39, 0.29) is 5.95 Å². The summed E-state index contributed by atoms with van der Waals surface area (Å²) in [7, 11) is 0. The van der Waals surface area contributed by atoms with Crippen molar-refractivity contribution in [2.75, 3.05) is 0 Å². The smallest absolute Gasteiger partial charge is 0.282 e. The molecule has 2 aromatic rings. The number of hydrogen-bond acceptors (Lipinski definition) is 2. The van der Waals surface area contributed by atoms with Gasteiger partial charge in [-0.1, -0.05) is 18.2 Å². The van der Waals surface area contributed by atoms with Gasteiger partial charge in [-0.25, -0.2) is 0 Å². The van der Waals surface area contributed by atoms with E-state index < -0.39 is 0 Å². The summed E-state index contributed by atoms with van der Waals surface area (Å²) >= 11 is 0. The van der Waals surface area contributed by atoms with Crippen LogP contribution >= 0.6 is 0 Å². The molecular weight excluding hydrogens is 128 g/mol. The van der Waals surface area contributed by atoms with Crippen molar-refractivity contribution in [1.82, 2.24) is 0 Å². The Kier molecular flexibility index (Phi) is 0.947.